The lowest BCUT2D eigenvalue weighted by Gasteiger charge is -2.23. The number of carbonyl (C=O) groups excluding carboxylic acids is 1. The highest BCUT2D eigenvalue weighted by Gasteiger charge is 2.19. The van der Waals surface area contributed by atoms with Gasteiger partial charge in [0.1, 0.15) is 12.4 Å². The van der Waals surface area contributed by atoms with Gasteiger partial charge in [-0.25, -0.2) is 4.98 Å². The Balaban J connectivity index is 1.77. The van der Waals surface area contributed by atoms with E-state index in [9.17, 15) is 4.79 Å². The Kier molecular flexibility index (Phi) is 4.65. The van der Waals surface area contributed by atoms with Crippen LogP contribution in [-0.4, -0.2) is 29.6 Å². The summed E-state index contributed by atoms with van der Waals surface area (Å²) >= 11 is 0. The quantitative estimate of drug-likeness (QED) is 0.921. The highest BCUT2D eigenvalue weighted by Crippen LogP contribution is 2.28. The van der Waals surface area contributed by atoms with Crippen molar-refractivity contribution >= 4 is 16.7 Å². The first kappa shape index (κ1) is 15.6. The van der Waals surface area contributed by atoms with Crippen molar-refractivity contribution < 1.29 is 14.3 Å². The maximum Gasteiger partial charge on any atom is 0.221 e. The minimum atomic E-state index is 0.0587. The Bertz CT molecular complexity index is 700. The lowest BCUT2D eigenvalue weighted by atomic mass is 10.1. The van der Waals surface area contributed by atoms with Crippen LogP contribution in [0.15, 0.2) is 30.5 Å². The number of pyridine rings is 1. The van der Waals surface area contributed by atoms with Gasteiger partial charge >= 0.3 is 0 Å². The second-order valence-corrected chi connectivity index (χ2v) is 6.13. The molecule has 2 heterocycles. The number of carbonyl (C=O) groups is 1. The fourth-order valence-electron chi connectivity index (χ4n) is 2.77. The van der Waals surface area contributed by atoms with Crippen molar-refractivity contribution in [2.45, 2.75) is 45.3 Å². The molecule has 1 saturated heterocycles. The Morgan fingerprint density at radius 1 is 1.35 bits per heavy atom. The number of hydrogen-bond acceptors (Lipinski definition) is 4. The van der Waals surface area contributed by atoms with Gasteiger partial charge in [-0.3, -0.25) is 4.79 Å². The number of benzene rings is 1. The lowest BCUT2D eigenvalue weighted by molar-refractivity contribution is -0.123. The normalized spacial score (nSPS) is 18.0. The predicted octanol–water partition coefficient (Wildman–Crippen LogP) is 3.07. The highest BCUT2D eigenvalue weighted by atomic mass is 16.5. The molecule has 1 aliphatic heterocycles. The van der Waals surface area contributed by atoms with Crippen LogP contribution in [0.1, 0.15) is 33.1 Å². The maximum absolute atomic E-state index is 11.4. The molecule has 3 rings (SSSR count). The number of rotatable bonds is 5. The van der Waals surface area contributed by atoms with Gasteiger partial charge < -0.3 is 14.8 Å². The van der Waals surface area contributed by atoms with Crippen LogP contribution in [0, 0.1) is 0 Å². The van der Waals surface area contributed by atoms with Gasteiger partial charge in [-0.1, -0.05) is 6.07 Å². The Labute approximate surface area is 136 Å². The molecule has 2 aromatic rings. The zero-order valence-electron chi connectivity index (χ0n) is 13.5. The smallest absolute Gasteiger partial charge is 0.221 e. The molecule has 5 nitrogen and oxygen atoms in total. The van der Waals surface area contributed by atoms with E-state index in [-0.39, 0.29) is 18.1 Å². The first-order valence-electron chi connectivity index (χ1n) is 8.09. The van der Waals surface area contributed by atoms with Crippen molar-refractivity contribution in [2.24, 2.45) is 0 Å². The lowest BCUT2D eigenvalue weighted by Crippen LogP contribution is -2.42. The van der Waals surface area contributed by atoms with Gasteiger partial charge in [0.25, 0.3) is 0 Å². The molecule has 1 aliphatic rings. The van der Waals surface area contributed by atoms with Crippen LogP contribution in [0.5, 0.6) is 11.6 Å². The van der Waals surface area contributed by atoms with E-state index in [1.54, 1.807) is 6.20 Å². The van der Waals surface area contributed by atoms with E-state index in [1.165, 1.54) is 0 Å². The summed E-state index contributed by atoms with van der Waals surface area (Å²) in [5.41, 5.74) is 0. The number of ether oxygens (including phenoxy) is 2. The Morgan fingerprint density at radius 3 is 3.00 bits per heavy atom. The van der Waals surface area contributed by atoms with E-state index in [0.29, 0.717) is 18.9 Å². The number of nitrogens with zero attached hydrogens (tertiary/aromatic N) is 1. The van der Waals surface area contributed by atoms with Crippen LogP contribution in [0.3, 0.4) is 0 Å². The number of aromatic nitrogens is 1. The molecule has 0 unspecified atom stereocenters. The molecule has 0 spiro atoms. The summed E-state index contributed by atoms with van der Waals surface area (Å²) in [5.74, 6) is 1.48. The zero-order chi connectivity index (χ0) is 16.2. The van der Waals surface area contributed by atoms with Crippen LogP contribution in [0.25, 0.3) is 10.8 Å². The number of hydrogen-bond donors (Lipinski definition) is 1. The zero-order valence-corrected chi connectivity index (χ0v) is 13.5. The fraction of sp³-hybridized carbons (Fsp3) is 0.444. The van der Waals surface area contributed by atoms with E-state index in [2.05, 4.69) is 10.3 Å². The topological polar surface area (TPSA) is 60.5 Å². The molecule has 5 heteroatoms. The van der Waals surface area contributed by atoms with Gasteiger partial charge in [0.15, 0.2) is 0 Å². The van der Waals surface area contributed by atoms with Crippen LogP contribution in [0.2, 0.25) is 0 Å². The van der Waals surface area contributed by atoms with Crippen LogP contribution in [0.4, 0.5) is 0 Å². The Morgan fingerprint density at radius 2 is 2.22 bits per heavy atom. The molecule has 0 radical (unpaired) electrons. The second-order valence-electron chi connectivity index (χ2n) is 6.13. The summed E-state index contributed by atoms with van der Waals surface area (Å²) in [6, 6.07) is 7.92. The van der Waals surface area contributed by atoms with E-state index < -0.39 is 0 Å². The molecular formula is C18H22N2O3. The van der Waals surface area contributed by atoms with Gasteiger partial charge in [-0.05, 0) is 50.3 Å². The average molecular weight is 314 g/mol. The van der Waals surface area contributed by atoms with Crippen molar-refractivity contribution in [3.05, 3.63) is 30.5 Å². The maximum atomic E-state index is 11.4. The van der Waals surface area contributed by atoms with Crippen LogP contribution >= 0.6 is 0 Å². The van der Waals surface area contributed by atoms with E-state index in [1.807, 2.05) is 38.1 Å². The highest BCUT2D eigenvalue weighted by molar-refractivity contribution is 5.88. The summed E-state index contributed by atoms with van der Waals surface area (Å²) in [7, 11) is 0. The van der Waals surface area contributed by atoms with Gasteiger partial charge in [0.05, 0.1) is 12.1 Å². The molecule has 23 heavy (non-hydrogen) atoms. The van der Waals surface area contributed by atoms with Gasteiger partial charge in [0.2, 0.25) is 11.8 Å². The first-order chi connectivity index (χ1) is 11.1. The van der Waals surface area contributed by atoms with Crippen LogP contribution < -0.4 is 14.8 Å². The third-order valence-corrected chi connectivity index (χ3v) is 3.82. The minimum absolute atomic E-state index is 0.0587. The third kappa shape index (κ3) is 3.92. The van der Waals surface area contributed by atoms with Crippen molar-refractivity contribution in [2.75, 3.05) is 6.61 Å². The standard InChI is InChI=1S/C18H22N2O3/c1-12(2)23-15-7-6-13-8-9-19-18(16(13)10-15)22-11-14-4-3-5-17(21)20-14/h6-10,12,14H,3-5,11H2,1-2H3,(H,20,21)/t14-/m0/s1. The molecular weight excluding hydrogens is 292 g/mol. The summed E-state index contributed by atoms with van der Waals surface area (Å²) in [4.78, 5) is 15.8. The van der Waals surface area contributed by atoms with Crippen molar-refractivity contribution in [3.63, 3.8) is 0 Å². The molecule has 0 saturated carbocycles. The van der Waals surface area contributed by atoms with E-state index >= 15 is 0 Å². The molecule has 1 N–H and O–H groups in total. The predicted molar refractivity (Wildman–Crippen MR) is 88.8 cm³/mol. The monoisotopic (exact) mass is 314 g/mol. The van der Waals surface area contributed by atoms with Crippen LogP contribution in [-0.2, 0) is 4.79 Å². The average Bonchev–Trinajstić information content (AvgIpc) is 2.52. The summed E-state index contributed by atoms with van der Waals surface area (Å²) in [6.45, 7) is 4.43. The number of amides is 1. The van der Waals surface area contributed by atoms with Gasteiger partial charge in [-0.2, -0.15) is 0 Å². The molecule has 1 aromatic heterocycles. The second kappa shape index (κ2) is 6.86. The van der Waals surface area contributed by atoms with Crippen molar-refractivity contribution in [1.82, 2.24) is 10.3 Å². The van der Waals surface area contributed by atoms with E-state index in [4.69, 9.17) is 9.47 Å². The van der Waals surface area contributed by atoms with Crippen molar-refractivity contribution in [3.8, 4) is 11.6 Å². The summed E-state index contributed by atoms with van der Waals surface area (Å²) in [6.07, 6.45) is 4.32. The molecule has 1 atom stereocenters. The summed E-state index contributed by atoms with van der Waals surface area (Å²) in [5, 5.41) is 4.93. The Hall–Kier alpha value is -2.30. The molecule has 1 amide bonds. The molecule has 0 bridgehead atoms. The van der Waals surface area contributed by atoms with E-state index in [0.717, 1.165) is 29.4 Å². The molecule has 122 valence electrons. The van der Waals surface area contributed by atoms with Gasteiger partial charge in [0, 0.05) is 18.0 Å². The molecule has 1 aromatic carbocycles. The fourth-order valence-corrected chi connectivity index (χ4v) is 2.77. The molecule has 1 fully saturated rings. The third-order valence-electron chi connectivity index (χ3n) is 3.82. The SMILES string of the molecule is CC(C)Oc1ccc2ccnc(OC[C@@H]3CCCC(=O)N3)c2c1. The molecule has 0 aliphatic carbocycles. The van der Waals surface area contributed by atoms with Crippen molar-refractivity contribution in [1.29, 1.82) is 0 Å². The number of fused-ring (bicyclic) bond motifs is 1. The summed E-state index contributed by atoms with van der Waals surface area (Å²) < 4.78 is 11.6. The number of nitrogens with one attached hydrogen (secondary N) is 1. The van der Waals surface area contributed by atoms with Gasteiger partial charge in [-0.15, -0.1) is 0 Å². The first-order valence-corrected chi connectivity index (χ1v) is 8.09. The largest absolute Gasteiger partial charge is 0.491 e. The number of piperidine rings is 1. The minimum Gasteiger partial charge on any atom is -0.491 e.